The molecule has 0 spiro atoms. The highest BCUT2D eigenvalue weighted by atomic mass is 16.4. The summed E-state index contributed by atoms with van der Waals surface area (Å²) in [5, 5.41) is 20.2. The molecular weight excluding hydrogens is 358 g/mol. The molecule has 1 aliphatic rings. The zero-order valence-electron chi connectivity index (χ0n) is 14.6. The van der Waals surface area contributed by atoms with E-state index in [0.29, 0.717) is 25.1 Å². The molecule has 2 heterocycles. The molecule has 1 fully saturated rings. The molecule has 0 bridgehead atoms. The first-order valence-corrected chi connectivity index (χ1v) is 8.58. The van der Waals surface area contributed by atoms with Crippen molar-refractivity contribution in [2.45, 2.75) is 50.2 Å². The molecule has 3 atom stereocenters. The third kappa shape index (κ3) is 5.51. The highest BCUT2D eigenvalue weighted by Gasteiger charge is 2.37. The van der Waals surface area contributed by atoms with Crippen molar-refractivity contribution in [3.05, 3.63) is 18.2 Å². The lowest BCUT2D eigenvalue weighted by molar-refractivity contribution is -0.144. The van der Waals surface area contributed by atoms with Crippen LogP contribution in [0, 0.1) is 0 Å². The summed E-state index contributed by atoms with van der Waals surface area (Å²) >= 11 is 0. The molecule has 2 rings (SSSR count). The van der Waals surface area contributed by atoms with Gasteiger partial charge in [-0.1, -0.05) is 0 Å². The van der Waals surface area contributed by atoms with E-state index < -0.39 is 41.9 Å². The van der Waals surface area contributed by atoms with Crippen LogP contribution in [0.25, 0.3) is 0 Å². The molecular formula is C16H23N5O6. The topological polar surface area (TPSA) is 179 Å². The predicted octanol–water partition coefficient (Wildman–Crippen LogP) is -1.30. The number of imidazole rings is 1. The molecule has 0 unspecified atom stereocenters. The number of aromatic amines is 1. The number of hydrogen-bond donors (Lipinski definition) is 5. The number of nitrogens with zero attached hydrogens (tertiary/aromatic N) is 2. The van der Waals surface area contributed by atoms with Gasteiger partial charge in [0, 0.05) is 31.3 Å². The van der Waals surface area contributed by atoms with Crippen molar-refractivity contribution in [3.8, 4) is 0 Å². The molecule has 1 aromatic heterocycles. The van der Waals surface area contributed by atoms with E-state index in [1.54, 1.807) is 6.20 Å². The number of aromatic nitrogens is 2. The molecule has 0 aliphatic carbocycles. The summed E-state index contributed by atoms with van der Waals surface area (Å²) in [5.41, 5.74) is 6.64. The first-order valence-electron chi connectivity index (χ1n) is 8.58. The monoisotopic (exact) mass is 381 g/mol. The summed E-state index contributed by atoms with van der Waals surface area (Å²) in [6.07, 6.45) is 3.62. The van der Waals surface area contributed by atoms with Gasteiger partial charge in [-0.3, -0.25) is 14.4 Å². The van der Waals surface area contributed by atoms with Gasteiger partial charge < -0.3 is 31.1 Å². The third-order valence-corrected chi connectivity index (χ3v) is 4.41. The standard InChI is InChI=1S/C16H23N5O6/c17-10(6-9-7-18-8-19-9)15(25)21-5-1-2-12(21)14(24)20-11(16(26)27)3-4-13(22)23/h7-8,10-12H,1-6,17H2,(H,18,19)(H,20,24)(H,22,23)(H,26,27)/t10-,11-,12-/m0/s1. The molecule has 0 saturated carbocycles. The molecule has 1 aliphatic heterocycles. The van der Waals surface area contributed by atoms with Gasteiger partial charge in [0.05, 0.1) is 12.4 Å². The Bertz CT molecular complexity index is 691. The number of hydrogen-bond acceptors (Lipinski definition) is 6. The average Bonchev–Trinajstić information content (AvgIpc) is 3.28. The van der Waals surface area contributed by atoms with Crippen molar-refractivity contribution in [3.63, 3.8) is 0 Å². The lowest BCUT2D eigenvalue weighted by Gasteiger charge is -2.27. The maximum absolute atomic E-state index is 12.6. The first kappa shape index (κ1) is 20.4. The molecule has 148 valence electrons. The molecule has 11 heteroatoms. The fraction of sp³-hybridized carbons (Fsp3) is 0.562. The van der Waals surface area contributed by atoms with Crippen LogP contribution in [0.3, 0.4) is 0 Å². The van der Waals surface area contributed by atoms with Crippen LogP contribution < -0.4 is 11.1 Å². The van der Waals surface area contributed by atoms with Gasteiger partial charge in [-0.25, -0.2) is 9.78 Å². The van der Waals surface area contributed by atoms with Crippen LogP contribution in [0.15, 0.2) is 12.5 Å². The summed E-state index contributed by atoms with van der Waals surface area (Å²) in [6.45, 7) is 0.348. The van der Waals surface area contributed by atoms with Gasteiger partial charge in [0.25, 0.3) is 0 Å². The summed E-state index contributed by atoms with van der Waals surface area (Å²) in [4.78, 5) is 55.0. The van der Waals surface area contributed by atoms with E-state index >= 15 is 0 Å². The number of H-pyrrole nitrogens is 1. The summed E-state index contributed by atoms with van der Waals surface area (Å²) in [5.74, 6) is -3.50. The van der Waals surface area contributed by atoms with E-state index in [2.05, 4.69) is 15.3 Å². The maximum atomic E-state index is 12.6. The number of carboxylic acid groups (broad SMARTS) is 2. The van der Waals surface area contributed by atoms with E-state index in [-0.39, 0.29) is 19.3 Å². The number of likely N-dealkylation sites (tertiary alicyclic amines) is 1. The van der Waals surface area contributed by atoms with E-state index in [0.717, 1.165) is 0 Å². The molecule has 1 saturated heterocycles. The van der Waals surface area contributed by atoms with E-state index in [4.69, 9.17) is 15.9 Å². The predicted molar refractivity (Wildman–Crippen MR) is 91.4 cm³/mol. The maximum Gasteiger partial charge on any atom is 0.326 e. The largest absolute Gasteiger partial charge is 0.481 e. The number of amides is 2. The van der Waals surface area contributed by atoms with Crippen LogP contribution in [0.1, 0.15) is 31.4 Å². The zero-order chi connectivity index (χ0) is 20.0. The Kier molecular flexibility index (Phi) is 6.88. The second kappa shape index (κ2) is 9.12. The molecule has 27 heavy (non-hydrogen) atoms. The van der Waals surface area contributed by atoms with Crippen molar-refractivity contribution in [1.29, 1.82) is 0 Å². The number of nitrogens with one attached hydrogen (secondary N) is 2. The second-order valence-electron chi connectivity index (χ2n) is 6.41. The van der Waals surface area contributed by atoms with Crippen molar-refractivity contribution in [2.24, 2.45) is 5.73 Å². The zero-order valence-corrected chi connectivity index (χ0v) is 14.6. The van der Waals surface area contributed by atoms with Crippen LogP contribution in [-0.2, 0) is 25.6 Å². The molecule has 0 radical (unpaired) electrons. The third-order valence-electron chi connectivity index (χ3n) is 4.41. The van der Waals surface area contributed by atoms with Crippen LogP contribution in [0.2, 0.25) is 0 Å². The minimum absolute atomic E-state index is 0.236. The molecule has 1 aromatic rings. The first-order chi connectivity index (χ1) is 12.8. The van der Waals surface area contributed by atoms with Gasteiger partial charge in [-0.2, -0.15) is 0 Å². The van der Waals surface area contributed by atoms with Crippen molar-refractivity contribution >= 4 is 23.8 Å². The number of carboxylic acids is 2. The van der Waals surface area contributed by atoms with Crippen molar-refractivity contribution in [2.75, 3.05) is 6.54 Å². The lowest BCUT2D eigenvalue weighted by atomic mass is 10.1. The smallest absolute Gasteiger partial charge is 0.326 e. The Hall–Kier alpha value is -2.95. The highest BCUT2D eigenvalue weighted by molar-refractivity contribution is 5.92. The molecule has 0 aromatic carbocycles. The van der Waals surface area contributed by atoms with Gasteiger partial charge in [0.15, 0.2) is 0 Å². The normalized spacial score (nSPS) is 18.7. The number of aliphatic carboxylic acids is 2. The molecule has 6 N–H and O–H groups in total. The Balaban J connectivity index is 1.98. The van der Waals surface area contributed by atoms with Crippen LogP contribution in [0.5, 0.6) is 0 Å². The lowest BCUT2D eigenvalue weighted by Crippen LogP contribution is -2.54. The highest BCUT2D eigenvalue weighted by Crippen LogP contribution is 2.19. The number of carbonyl (C=O) groups is 4. The van der Waals surface area contributed by atoms with E-state index in [1.165, 1.54) is 11.2 Å². The Morgan fingerprint density at radius 2 is 2.11 bits per heavy atom. The SMILES string of the molecule is N[C@@H](Cc1cnc[nH]1)C(=O)N1CCC[C@H]1C(=O)N[C@@H](CCC(=O)O)C(=O)O. The Labute approximate surface area is 154 Å². The quantitative estimate of drug-likeness (QED) is 0.350. The van der Waals surface area contributed by atoms with Crippen LogP contribution in [-0.4, -0.2) is 73.5 Å². The summed E-state index contributed by atoms with van der Waals surface area (Å²) < 4.78 is 0. The minimum atomic E-state index is -1.33. The van der Waals surface area contributed by atoms with Gasteiger partial charge >= 0.3 is 11.9 Å². The fourth-order valence-electron chi connectivity index (χ4n) is 3.03. The van der Waals surface area contributed by atoms with Crippen molar-refractivity contribution in [1.82, 2.24) is 20.2 Å². The minimum Gasteiger partial charge on any atom is -0.481 e. The fourth-order valence-corrected chi connectivity index (χ4v) is 3.03. The summed E-state index contributed by atoms with van der Waals surface area (Å²) in [6, 6.07) is -3.01. The van der Waals surface area contributed by atoms with Gasteiger partial charge in [-0.05, 0) is 19.3 Å². The van der Waals surface area contributed by atoms with Gasteiger partial charge in [-0.15, -0.1) is 0 Å². The van der Waals surface area contributed by atoms with Crippen LogP contribution >= 0.6 is 0 Å². The van der Waals surface area contributed by atoms with E-state index in [9.17, 15) is 19.2 Å². The second-order valence-corrected chi connectivity index (χ2v) is 6.41. The number of rotatable bonds is 9. The summed E-state index contributed by atoms with van der Waals surface area (Å²) in [7, 11) is 0. The Morgan fingerprint density at radius 1 is 1.37 bits per heavy atom. The van der Waals surface area contributed by atoms with Gasteiger partial charge in [0.1, 0.15) is 12.1 Å². The number of carbonyl (C=O) groups excluding carboxylic acids is 2. The van der Waals surface area contributed by atoms with Gasteiger partial charge in [0.2, 0.25) is 11.8 Å². The van der Waals surface area contributed by atoms with E-state index in [1.807, 2.05) is 0 Å². The Morgan fingerprint density at radius 3 is 2.70 bits per heavy atom. The van der Waals surface area contributed by atoms with Crippen molar-refractivity contribution < 1.29 is 29.4 Å². The molecule has 11 nitrogen and oxygen atoms in total. The average molecular weight is 381 g/mol. The van der Waals surface area contributed by atoms with Crippen LogP contribution in [0.4, 0.5) is 0 Å². The number of nitrogens with two attached hydrogens (primary N) is 1. The molecule has 2 amide bonds.